The van der Waals surface area contributed by atoms with Crippen LogP contribution in [0, 0.1) is 0 Å². The standard InChI is InChI=1S/C2H2O6.Al.3H/c3-1(7-5)2(4)8-6;;;;/h5-6H;;;;. The van der Waals surface area contributed by atoms with Gasteiger partial charge in [0.25, 0.3) is 0 Å². The van der Waals surface area contributed by atoms with E-state index in [4.69, 9.17) is 10.5 Å². The third-order valence-electron chi connectivity index (χ3n) is 0.332. The fraction of sp³-hybridized carbons (Fsp3) is 0. The average molecular weight is 152 g/mol. The molecular formula is C2H5AlO6. The number of hydrogen-bond acceptors (Lipinski definition) is 6. The van der Waals surface area contributed by atoms with Gasteiger partial charge in [0.05, 0.1) is 0 Å². The average Bonchev–Trinajstić information content (AvgIpc) is 1.84. The Balaban J connectivity index is 0. The third kappa shape index (κ3) is 3.93. The molecule has 0 aliphatic carbocycles. The van der Waals surface area contributed by atoms with Gasteiger partial charge in [0.1, 0.15) is 0 Å². The second-order valence-electron chi connectivity index (χ2n) is 0.757. The Bertz CT molecular complexity index is 95.6. The van der Waals surface area contributed by atoms with E-state index in [0.717, 1.165) is 0 Å². The van der Waals surface area contributed by atoms with Gasteiger partial charge in [-0.1, -0.05) is 0 Å². The smallest absolute Gasteiger partial charge is 0.288 e. The van der Waals surface area contributed by atoms with Gasteiger partial charge in [0.2, 0.25) is 0 Å². The summed E-state index contributed by atoms with van der Waals surface area (Å²) in [4.78, 5) is 24.9. The molecule has 52 valence electrons. The molecule has 0 unspecified atom stereocenters. The minimum atomic E-state index is -1.67. The molecular weight excluding hydrogens is 147 g/mol. The molecule has 0 aliphatic heterocycles. The second kappa shape index (κ2) is 5.53. The maximum atomic E-state index is 9.64. The van der Waals surface area contributed by atoms with E-state index >= 15 is 0 Å². The largest absolute Gasteiger partial charge is 0.452 e. The Morgan fingerprint density at radius 3 is 1.33 bits per heavy atom. The van der Waals surface area contributed by atoms with Gasteiger partial charge in [0, 0.05) is 0 Å². The van der Waals surface area contributed by atoms with Gasteiger partial charge in [-0.3, -0.25) is 9.78 Å². The first-order chi connectivity index (χ1) is 3.72. The SMILES string of the molecule is O=C(OO)C(=O)OO.[AlH3]. The number of carbonyl (C=O) groups is 2. The van der Waals surface area contributed by atoms with Crippen LogP contribution >= 0.6 is 0 Å². The van der Waals surface area contributed by atoms with Crippen molar-refractivity contribution < 1.29 is 29.9 Å². The van der Waals surface area contributed by atoms with Crippen LogP contribution in [0.2, 0.25) is 0 Å². The monoisotopic (exact) mass is 152 g/mol. The lowest BCUT2D eigenvalue weighted by Gasteiger charge is -1.87. The van der Waals surface area contributed by atoms with Crippen LogP contribution in [-0.2, 0) is 19.4 Å². The summed E-state index contributed by atoms with van der Waals surface area (Å²) in [6.45, 7) is 0. The molecule has 9 heavy (non-hydrogen) atoms. The van der Waals surface area contributed by atoms with Crippen molar-refractivity contribution in [2.24, 2.45) is 0 Å². The van der Waals surface area contributed by atoms with Crippen molar-refractivity contribution >= 4 is 29.3 Å². The van der Waals surface area contributed by atoms with Crippen molar-refractivity contribution in [2.75, 3.05) is 0 Å². The third-order valence-corrected chi connectivity index (χ3v) is 0.332. The summed E-state index contributed by atoms with van der Waals surface area (Å²) in [5.74, 6) is -3.35. The maximum Gasteiger partial charge on any atom is 0.452 e. The lowest BCUT2D eigenvalue weighted by Crippen LogP contribution is -2.16. The van der Waals surface area contributed by atoms with Crippen LogP contribution in [0.25, 0.3) is 0 Å². The summed E-state index contributed by atoms with van der Waals surface area (Å²) in [6.07, 6.45) is 0. The van der Waals surface area contributed by atoms with Gasteiger partial charge in [-0.2, -0.15) is 10.5 Å². The van der Waals surface area contributed by atoms with Gasteiger partial charge in [-0.25, -0.2) is 9.59 Å². The quantitative estimate of drug-likeness (QED) is 0.177. The van der Waals surface area contributed by atoms with Crippen molar-refractivity contribution in [1.82, 2.24) is 0 Å². The van der Waals surface area contributed by atoms with Gasteiger partial charge >= 0.3 is 11.9 Å². The molecule has 0 atom stereocenters. The molecule has 0 aromatic heterocycles. The Morgan fingerprint density at radius 2 is 1.22 bits per heavy atom. The molecule has 0 spiro atoms. The zero-order valence-corrected chi connectivity index (χ0v) is 3.53. The van der Waals surface area contributed by atoms with Crippen LogP contribution in [0.15, 0.2) is 0 Å². The zero-order valence-electron chi connectivity index (χ0n) is 3.53. The second-order valence-corrected chi connectivity index (χ2v) is 0.757. The van der Waals surface area contributed by atoms with E-state index in [1.54, 1.807) is 0 Å². The van der Waals surface area contributed by atoms with Crippen LogP contribution in [-0.4, -0.2) is 39.8 Å². The first-order valence-electron chi connectivity index (χ1n) is 1.43. The fourth-order valence-electron chi connectivity index (χ4n) is 0.0745. The van der Waals surface area contributed by atoms with E-state index in [9.17, 15) is 9.59 Å². The first-order valence-corrected chi connectivity index (χ1v) is 1.43. The van der Waals surface area contributed by atoms with Crippen LogP contribution in [0.5, 0.6) is 0 Å². The first kappa shape index (κ1) is 11.2. The molecule has 0 aromatic carbocycles. The Hall–Kier alpha value is -0.608. The molecule has 7 heteroatoms. The van der Waals surface area contributed by atoms with Gasteiger partial charge in [-0.15, -0.1) is 0 Å². The minimum Gasteiger partial charge on any atom is -0.288 e. The minimum absolute atomic E-state index is 0. The van der Waals surface area contributed by atoms with Crippen molar-refractivity contribution in [3.63, 3.8) is 0 Å². The summed E-state index contributed by atoms with van der Waals surface area (Å²) in [6, 6.07) is 0. The van der Waals surface area contributed by atoms with E-state index < -0.39 is 11.9 Å². The number of rotatable bonds is 0. The van der Waals surface area contributed by atoms with Crippen molar-refractivity contribution in [1.29, 1.82) is 0 Å². The molecule has 0 radical (unpaired) electrons. The van der Waals surface area contributed by atoms with Crippen molar-refractivity contribution in [3.05, 3.63) is 0 Å². The van der Waals surface area contributed by atoms with E-state index in [0.29, 0.717) is 0 Å². The molecule has 0 aromatic rings. The Morgan fingerprint density at radius 1 is 1.00 bits per heavy atom. The summed E-state index contributed by atoms with van der Waals surface area (Å²) in [7, 11) is 0. The normalized spacial score (nSPS) is 6.89. The van der Waals surface area contributed by atoms with E-state index in [1.807, 2.05) is 0 Å². The summed E-state index contributed by atoms with van der Waals surface area (Å²) in [5, 5.41) is 14.7. The summed E-state index contributed by atoms with van der Waals surface area (Å²) >= 11 is 0. The maximum absolute atomic E-state index is 9.64. The Kier molecular flexibility index (Phi) is 6.89. The van der Waals surface area contributed by atoms with Crippen LogP contribution in [0.3, 0.4) is 0 Å². The van der Waals surface area contributed by atoms with Gasteiger partial charge < -0.3 is 0 Å². The zero-order chi connectivity index (χ0) is 6.57. The molecule has 0 amide bonds. The van der Waals surface area contributed by atoms with E-state index in [1.165, 1.54) is 0 Å². The molecule has 6 nitrogen and oxygen atoms in total. The highest BCUT2D eigenvalue weighted by molar-refractivity contribution is 6.29. The predicted octanol–water partition coefficient (Wildman–Crippen LogP) is -2.17. The lowest BCUT2D eigenvalue weighted by atomic mass is 10.7. The predicted molar refractivity (Wildman–Crippen MR) is 27.4 cm³/mol. The van der Waals surface area contributed by atoms with Crippen molar-refractivity contribution in [2.45, 2.75) is 0 Å². The molecule has 2 N–H and O–H groups in total. The fourth-order valence-corrected chi connectivity index (χ4v) is 0.0745. The van der Waals surface area contributed by atoms with Gasteiger partial charge in [-0.05, 0) is 0 Å². The van der Waals surface area contributed by atoms with E-state index in [2.05, 4.69) is 9.78 Å². The van der Waals surface area contributed by atoms with Crippen LogP contribution in [0.4, 0.5) is 0 Å². The molecule has 0 saturated carbocycles. The molecule has 0 saturated heterocycles. The summed E-state index contributed by atoms with van der Waals surface area (Å²) in [5.41, 5.74) is 0. The van der Waals surface area contributed by atoms with E-state index in [-0.39, 0.29) is 17.4 Å². The number of hydrogen-bond donors (Lipinski definition) is 2. The van der Waals surface area contributed by atoms with Crippen molar-refractivity contribution in [3.8, 4) is 0 Å². The highest BCUT2D eigenvalue weighted by Crippen LogP contribution is 1.75. The molecule has 0 fully saturated rings. The molecule has 0 heterocycles. The van der Waals surface area contributed by atoms with Crippen LogP contribution in [0.1, 0.15) is 0 Å². The van der Waals surface area contributed by atoms with Crippen LogP contribution < -0.4 is 0 Å². The molecule has 0 aliphatic rings. The number of carbonyl (C=O) groups excluding carboxylic acids is 2. The lowest BCUT2D eigenvalue weighted by molar-refractivity contribution is -0.261. The molecule has 0 rings (SSSR count). The summed E-state index contributed by atoms with van der Waals surface area (Å²) < 4.78 is 0. The highest BCUT2D eigenvalue weighted by Gasteiger charge is 2.16. The molecule has 0 bridgehead atoms. The van der Waals surface area contributed by atoms with Gasteiger partial charge in [0.15, 0.2) is 17.4 Å². The highest BCUT2D eigenvalue weighted by atomic mass is 27.0. The Labute approximate surface area is 60.0 Å². The topological polar surface area (TPSA) is 93.1 Å².